The average Bonchev–Trinajstić information content (AvgIpc) is 2.96. The predicted molar refractivity (Wildman–Crippen MR) is 145 cm³/mol. The molecule has 2 aliphatic rings. The molecule has 0 bridgehead atoms. The molecule has 1 amide bonds. The molecule has 0 unspecified atom stereocenters. The number of anilines is 1. The van der Waals surface area contributed by atoms with E-state index in [1.54, 1.807) is 7.11 Å². The van der Waals surface area contributed by atoms with Gasteiger partial charge >= 0.3 is 0 Å². The number of benzene rings is 3. The molecular weight excluding hydrogens is 484 g/mol. The summed E-state index contributed by atoms with van der Waals surface area (Å²) in [5, 5.41) is 0. The number of ether oxygens (including phenoxy) is 1. The zero-order valence-corrected chi connectivity index (χ0v) is 21.9. The zero-order chi connectivity index (χ0) is 26.5. The highest BCUT2D eigenvalue weighted by atomic mass is 19.1. The highest BCUT2D eigenvalue weighted by Crippen LogP contribution is 2.41. The van der Waals surface area contributed by atoms with Crippen molar-refractivity contribution < 1.29 is 18.3 Å². The molecule has 38 heavy (non-hydrogen) atoms. The number of carbonyl (C=O) groups excluding carboxylic acids is 1. The van der Waals surface area contributed by atoms with Crippen LogP contribution >= 0.6 is 0 Å². The Morgan fingerprint density at radius 1 is 0.789 bits per heavy atom. The lowest BCUT2D eigenvalue weighted by Crippen LogP contribution is -2.57. The molecular formula is C31H35F2N3O2. The SMILES string of the molecule is COc1ccccc1N1CCN(C(CCN2CCCCC2=O)(c2ccc(F)cc2)c2ccc(F)cc2)CC1. The topological polar surface area (TPSA) is 36.0 Å². The van der Waals surface area contributed by atoms with Crippen molar-refractivity contribution in [3.63, 3.8) is 0 Å². The number of halogens is 2. The Bertz CT molecular complexity index is 1180. The standard InChI is InChI=1S/C31H35F2N3O2/c1-38-29-7-3-2-6-28(29)34-20-22-36(23-21-34)31(24-9-13-26(32)14-10-24,25-11-15-27(33)16-12-25)17-19-35-18-5-4-8-30(35)37/h2-3,6-7,9-16H,4-5,8,17-23H2,1H3. The maximum Gasteiger partial charge on any atom is 0.222 e. The summed E-state index contributed by atoms with van der Waals surface area (Å²) in [7, 11) is 1.69. The lowest BCUT2D eigenvalue weighted by Gasteiger charge is -2.50. The third kappa shape index (κ3) is 5.25. The minimum atomic E-state index is -0.647. The Balaban J connectivity index is 1.52. The van der Waals surface area contributed by atoms with E-state index in [0.717, 1.165) is 68.1 Å². The fourth-order valence-electron chi connectivity index (χ4n) is 6.04. The molecule has 0 saturated carbocycles. The molecule has 5 nitrogen and oxygen atoms in total. The van der Waals surface area contributed by atoms with Gasteiger partial charge < -0.3 is 14.5 Å². The lowest BCUT2D eigenvalue weighted by molar-refractivity contribution is -0.133. The van der Waals surface area contributed by atoms with Gasteiger partial charge in [-0.2, -0.15) is 0 Å². The first-order valence-electron chi connectivity index (χ1n) is 13.4. The maximum absolute atomic E-state index is 14.1. The van der Waals surface area contributed by atoms with Crippen LogP contribution < -0.4 is 9.64 Å². The summed E-state index contributed by atoms with van der Waals surface area (Å²) < 4.78 is 33.8. The van der Waals surface area contributed by atoms with Crippen molar-refractivity contribution >= 4 is 11.6 Å². The maximum atomic E-state index is 14.1. The summed E-state index contributed by atoms with van der Waals surface area (Å²) in [6.07, 6.45) is 3.15. The number of para-hydroxylation sites is 2. The van der Waals surface area contributed by atoms with Crippen LogP contribution in [-0.2, 0) is 10.3 Å². The molecule has 2 aliphatic heterocycles. The summed E-state index contributed by atoms with van der Waals surface area (Å²) in [5.41, 5.74) is 2.30. The van der Waals surface area contributed by atoms with Crippen LogP contribution in [0.4, 0.5) is 14.5 Å². The van der Waals surface area contributed by atoms with E-state index in [-0.39, 0.29) is 17.5 Å². The number of nitrogens with zero attached hydrogens (tertiary/aromatic N) is 3. The molecule has 7 heteroatoms. The van der Waals surface area contributed by atoms with Gasteiger partial charge in [-0.25, -0.2) is 8.78 Å². The van der Waals surface area contributed by atoms with Crippen molar-refractivity contribution in [2.24, 2.45) is 0 Å². The summed E-state index contributed by atoms with van der Waals surface area (Å²) in [4.78, 5) is 19.4. The number of piperazine rings is 1. The van der Waals surface area contributed by atoms with Gasteiger partial charge in [0, 0.05) is 45.7 Å². The van der Waals surface area contributed by atoms with E-state index in [1.165, 1.54) is 24.3 Å². The van der Waals surface area contributed by atoms with Gasteiger partial charge in [-0.15, -0.1) is 0 Å². The van der Waals surface area contributed by atoms with Gasteiger partial charge in [-0.1, -0.05) is 36.4 Å². The molecule has 2 heterocycles. The first kappa shape index (κ1) is 26.2. The fourth-order valence-corrected chi connectivity index (χ4v) is 6.04. The molecule has 0 atom stereocenters. The number of carbonyl (C=O) groups is 1. The van der Waals surface area contributed by atoms with Gasteiger partial charge in [0.05, 0.1) is 18.3 Å². The highest BCUT2D eigenvalue weighted by molar-refractivity contribution is 5.76. The Morgan fingerprint density at radius 3 is 1.97 bits per heavy atom. The van der Waals surface area contributed by atoms with Crippen LogP contribution in [0, 0.1) is 11.6 Å². The number of hydrogen-bond acceptors (Lipinski definition) is 4. The van der Waals surface area contributed by atoms with Crippen LogP contribution in [-0.4, -0.2) is 62.1 Å². The molecule has 0 N–H and O–H groups in total. The second kappa shape index (κ2) is 11.5. The molecule has 2 fully saturated rings. The first-order chi connectivity index (χ1) is 18.5. The van der Waals surface area contributed by atoms with Crippen molar-refractivity contribution in [1.29, 1.82) is 0 Å². The summed E-state index contributed by atoms with van der Waals surface area (Å²) in [5.74, 6) is 0.431. The third-order valence-electron chi connectivity index (χ3n) is 8.05. The third-order valence-corrected chi connectivity index (χ3v) is 8.05. The molecule has 0 aromatic heterocycles. The quantitative estimate of drug-likeness (QED) is 0.397. The first-order valence-corrected chi connectivity index (χ1v) is 13.4. The van der Waals surface area contributed by atoms with Crippen LogP contribution in [0.15, 0.2) is 72.8 Å². The van der Waals surface area contributed by atoms with E-state index in [1.807, 2.05) is 47.4 Å². The van der Waals surface area contributed by atoms with Gasteiger partial charge in [0.1, 0.15) is 17.4 Å². The van der Waals surface area contributed by atoms with E-state index in [4.69, 9.17) is 4.74 Å². The Labute approximate surface area is 223 Å². The van der Waals surface area contributed by atoms with Crippen molar-refractivity contribution in [2.75, 3.05) is 51.3 Å². The molecule has 2 saturated heterocycles. The van der Waals surface area contributed by atoms with Crippen molar-refractivity contribution in [3.8, 4) is 5.75 Å². The van der Waals surface area contributed by atoms with Gasteiger partial charge in [0.25, 0.3) is 0 Å². The van der Waals surface area contributed by atoms with Gasteiger partial charge in [-0.05, 0) is 66.8 Å². The van der Waals surface area contributed by atoms with Crippen molar-refractivity contribution in [3.05, 3.63) is 95.6 Å². The smallest absolute Gasteiger partial charge is 0.222 e. The second-order valence-electron chi connectivity index (χ2n) is 10.1. The molecule has 0 spiro atoms. The number of rotatable bonds is 8. The summed E-state index contributed by atoms with van der Waals surface area (Å²) in [6, 6.07) is 21.3. The van der Waals surface area contributed by atoms with Crippen molar-refractivity contribution in [2.45, 2.75) is 31.2 Å². The number of amides is 1. The minimum absolute atomic E-state index is 0.185. The van der Waals surface area contributed by atoms with Gasteiger partial charge in [0.15, 0.2) is 0 Å². The number of likely N-dealkylation sites (tertiary alicyclic amines) is 1. The lowest BCUT2D eigenvalue weighted by atomic mass is 9.77. The fraction of sp³-hybridized carbons (Fsp3) is 0.387. The van der Waals surface area contributed by atoms with E-state index >= 15 is 0 Å². The van der Waals surface area contributed by atoms with Crippen molar-refractivity contribution in [1.82, 2.24) is 9.80 Å². The van der Waals surface area contributed by atoms with Crippen LogP contribution in [0.5, 0.6) is 5.75 Å². The van der Waals surface area contributed by atoms with Crippen LogP contribution in [0.3, 0.4) is 0 Å². The van der Waals surface area contributed by atoms with Gasteiger partial charge in [-0.3, -0.25) is 9.69 Å². The Kier molecular flexibility index (Phi) is 7.93. The Morgan fingerprint density at radius 2 is 1.39 bits per heavy atom. The van der Waals surface area contributed by atoms with E-state index < -0.39 is 5.54 Å². The van der Waals surface area contributed by atoms with E-state index in [9.17, 15) is 13.6 Å². The van der Waals surface area contributed by atoms with Gasteiger partial charge in [0.2, 0.25) is 5.91 Å². The monoisotopic (exact) mass is 519 g/mol. The zero-order valence-electron chi connectivity index (χ0n) is 21.9. The average molecular weight is 520 g/mol. The van der Waals surface area contributed by atoms with E-state index in [0.29, 0.717) is 19.4 Å². The second-order valence-corrected chi connectivity index (χ2v) is 10.1. The molecule has 5 rings (SSSR count). The largest absolute Gasteiger partial charge is 0.495 e. The molecule has 200 valence electrons. The molecule has 3 aromatic carbocycles. The molecule has 0 radical (unpaired) electrons. The summed E-state index contributed by atoms with van der Waals surface area (Å²) >= 11 is 0. The number of methoxy groups -OCH3 is 1. The Hall–Kier alpha value is -3.45. The van der Waals surface area contributed by atoms with Crippen LogP contribution in [0.25, 0.3) is 0 Å². The predicted octanol–water partition coefficient (Wildman–Crippen LogP) is 5.44. The number of hydrogen-bond donors (Lipinski definition) is 0. The normalized spacial score (nSPS) is 17.1. The van der Waals surface area contributed by atoms with Crippen LogP contribution in [0.2, 0.25) is 0 Å². The summed E-state index contributed by atoms with van der Waals surface area (Å²) in [6.45, 7) is 4.35. The molecule has 0 aliphatic carbocycles. The number of piperidine rings is 1. The minimum Gasteiger partial charge on any atom is -0.495 e. The highest BCUT2D eigenvalue weighted by Gasteiger charge is 2.42. The van der Waals surface area contributed by atoms with Crippen LogP contribution in [0.1, 0.15) is 36.8 Å². The molecule has 3 aromatic rings. The van der Waals surface area contributed by atoms with E-state index in [2.05, 4.69) is 15.9 Å².